The highest BCUT2D eigenvalue weighted by molar-refractivity contribution is 6.33. The minimum Gasteiger partial charge on any atom is -0.310 e. The molecule has 0 amide bonds. The Morgan fingerprint density at radius 1 is 1.39 bits per heavy atom. The molecule has 1 aromatic carbocycles. The van der Waals surface area contributed by atoms with E-state index in [4.69, 9.17) is 23.2 Å². The van der Waals surface area contributed by atoms with Crippen molar-refractivity contribution in [1.29, 1.82) is 0 Å². The van der Waals surface area contributed by atoms with E-state index >= 15 is 0 Å². The number of hydrogen-bond acceptors (Lipinski definition) is 3. The summed E-state index contributed by atoms with van der Waals surface area (Å²) >= 11 is 12.1. The summed E-state index contributed by atoms with van der Waals surface area (Å²) in [5.74, 6) is 0.867. The van der Waals surface area contributed by atoms with Crippen LogP contribution in [-0.2, 0) is 6.42 Å². The van der Waals surface area contributed by atoms with Crippen LogP contribution in [0.1, 0.15) is 24.4 Å². The summed E-state index contributed by atoms with van der Waals surface area (Å²) in [6, 6.07) is 5.62. The third-order valence-corrected chi connectivity index (χ3v) is 3.28. The molecule has 2 N–H and O–H groups in total. The minimum atomic E-state index is 0.138. The van der Waals surface area contributed by atoms with Gasteiger partial charge in [0.1, 0.15) is 12.2 Å². The van der Waals surface area contributed by atoms with Gasteiger partial charge in [-0.2, -0.15) is 5.10 Å². The van der Waals surface area contributed by atoms with Crippen molar-refractivity contribution in [1.82, 2.24) is 20.5 Å². The first-order valence-electron chi connectivity index (χ1n) is 5.69. The molecule has 2 rings (SSSR count). The molecule has 1 aromatic heterocycles. The summed E-state index contributed by atoms with van der Waals surface area (Å²) in [6.45, 7) is 2.84. The molecule has 0 aliphatic rings. The zero-order valence-electron chi connectivity index (χ0n) is 9.95. The van der Waals surface area contributed by atoms with E-state index in [1.54, 1.807) is 6.07 Å². The Hall–Kier alpha value is -1.10. The monoisotopic (exact) mass is 284 g/mol. The molecule has 0 saturated carbocycles. The summed E-state index contributed by atoms with van der Waals surface area (Å²) in [5.41, 5.74) is 1.00. The highest BCUT2D eigenvalue weighted by atomic mass is 35.5. The largest absolute Gasteiger partial charge is 0.310 e. The first-order valence-corrected chi connectivity index (χ1v) is 6.45. The summed E-state index contributed by atoms with van der Waals surface area (Å²) in [7, 11) is 0. The van der Waals surface area contributed by atoms with Gasteiger partial charge in [0, 0.05) is 29.1 Å². The highest BCUT2D eigenvalue weighted by Gasteiger charge is 2.09. The maximum Gasteiger partial charge on any atom is 0.137 e. The van der Waals surface area contributed by atoms with Gasteiger partial charge >= 0.3 is 0 Å². The number of rotatable bonds is 5. The van der Waals surface area contributed by atoms with Crippen molar-refractivity contribution in [3.05, 3.63) is 46.0 Å². The molecule has 0 aliphatic heterocycles. The van der Waals surface area contributed by atoms with Crippen LogP contribution in [0.15, 0.2) is 24.5 Å². The third kappa shape index (κ3) is 3.45. The smallest absolute Gasteiger partial charge is 0.137 e. The van der Waals surface area contributed by atoms with Crippen LogP contribution in [0.4, 0.5) is 0 Å². The van der Waals surface area contributed by atoms with Crippen LogP contribution in [0, 0.1) is 0 Å². The van der Waals surface area contributed by atoms with Crippen molar-refractivity contribution in [3.8, 4) is 0 Å². The van der Waals surface area contributed by atoms with Crippen molar-refractivity contribution >= 4 is 23.2 Å². The molecule has 1 atom stereocenters. The molecule has 0 spiro atoms. The molecule has 96 valence electrons. The molecule has 0 fully saturated rings. The number of hydrogen-bond donors (Lipinski definition) is 2. The number of aromatic amines is 1. The van der Waals surface area contributed by atoms with Crippen LogP contribution < -0.4 is 5.32 Å². The summed E-state index contributed by atoms with van der Waals surface area (Å²) in [4.78, 5) is 4.06. The molecule has 18 heavy (non-hydrogen) atoms. The van der Waals surface area contributed by atoms with Crippen LogP contribution >= 0.6 is 23.2 Å². The van der Waals surface area contributed by atoms with Gasteiger partial charge < -0.3 is 5.32 Å². The fourth-order valence-electron chi connectivity index (χ4n) is 1.71. The van der Waals surface area contributed by atoms with Gasteiger partial charge in [-0.25, -0.2) is 4.98 Å². The fraction of sp³-hybridized carbons (Fsp3) is 0.333. The van der Waals surface area contributed by atoms with Gasteiger partial charge in [-0.15, -0.1) is 0 Å². The fourth-order valence-corrected chi connectivity index (χ4v) is 2.18. The number of nitrogens with one attached hydrogen (secondary N) is 2. The normalized spacial score (nSPS) is 12.6. The number of halogens is 2. The molecule has 0 aliphatic carbocycles. The van der Waals surface area contributed by atoms with Crippen molar-refractivity contribution in [2.75, 3.05) is 6.54 Å². The summed E-state index contributed by atoms with van der Waals surface area (Å²) < 4.78 is 0. The minimum absolute atomic E-state index is 0.138. The van der Waals surface area contributed by atoms with Gasteiger partial charge in [-0.05, 0) is 30.7 Å². The quantitative estimate of drug-likeness (QED) is 0.888. The van der Waals surface area contributed by atoms with E-state index in [0.29, 0.717) is 5.02 Å². The van der Waals surface area contributed by atoms with E-state index in [-0.39, 0.29) is 6.04 Å². The topological polar surface area (TPSA) is 53.6 Å². The molecule has 1 heterocycles. The Bertz CT molecular complexity index is 499. The molecular weight excluding hydrogens is 271 g/mol. The lowest BCUT2D eigenvalue weighted by molar-refractivity contribution is 0.570. The molecule has 2 aromatic rings. The number of nitrogens with zero attached hydrogens (tertiary/aromatic N) is 2. The molecule has 0 bridgehead atoms. The van der Waals surface area contributed by atoms with Gasteiger partial charge in [-0.1, -0.05) is 23.2 Å². The Balaban J connectivity index is 1.91. The van der Waals surface area contributed by atoms with Crippen LogP contribution in [0.3, 0.4) is 0 Å². The molecule has 4 nitrogen and oxygen atoms in total. The Labute approximate surface area is 116 Å². The number of aromatic nitrogens is 3. The van der Waals surface area contributed by atoms with Crippen LogP contribution in [0.2, 0.25) is 10.0 Å². The molecule has 0 radical (unpaired) electrons. The summed E-state index contributed by atoms with van der Waals surface area (Å²) in [5, 5.41) is 11.4. The van der Waals surface area contributed by atoms with Crippen LogP contribution in [0.5, 0.6) is 0 Å². The van der Waals surface area contributed by atoms with Crippen molar-refractivity contribution < 1.29 is 0 Å². The zero-order chi connectivity index (χ0) is 13.0. The summed E-state index contributed by atoms with van der Waals surface area (Å²) in [6.07, 6.45) is 2.30. The maximum absolute atomic E-state index is 6.14. The van der Waals surface area contributed by atoms with Crippen molar-refractivity contribution in [3.63, 3.8) is 0 Å². The molecule has 6 heteroatoms. The second-order valence-corrected chi connectivity index (χ2v) is 4.87. The molecule has 0 saturated heterocycles. The van der Waals surface area contributed by atoms with Gasteiger partial charge in [0.25, 0.3) is 0 Å². The second kappa shape index (κ2) is 6.18. The predicted octanol–water partition coefficient (Wildman–Crippen LogP) is 3.00. The van der Waals surface area contributed by atoms with Crippen molar-refractivity contribution in [2.24, 2.45) is 0 Å². The van der Waals surface area contributed by atoms with E-state index in [9.17, 15) is 0 Å². The number of benzene rings is 1. The van der Waals surface area contributed by atoms with Gasteiger partial charge in [-0.3, -0.25) is 5.10 Å². The first kappa shape index (κ1) is 13.3. The average Bonchev–Trinajstić information content (AvgIpc) is 2.85. The van der Waals surface area contributed by atoms with E-state index in [2.05, 4.69) is 27.4 Å². The Morgan fingerprint density at radius 2 is 2.22 bits per heavy atom. The standard InChI is InChI=1S/C12H14Cl2N4/c1-8(10-6-9(13)2-3-11(10)14)15-5-4-12-16-7-17-18-12/h2-3,6-8,15H,4-5H2,1H3,(H,16,17,18). The average molecular weight is 285 g/mol. The third-order valence-electron chi connectivity index (χ3n) is 2.70. The molecular formula is C12H14Cl2N4. The first-order chi connectivity index (χ1) is 8.66. The highest BCUT2D eigenvalue weighted by Crippen LogP contribution is 2.25. The zero-order valence-corrected chi connectivity index (χ0v) is 11.5. The SMILES string of the molecule is CC(NCCc1ncn[nH]1)c1cc(Cl)ccc1Cl. The predicted molar refractivity (Wildman–Crippen MR) is 73.0 cm³/mol. The van der Waals surface area contributed by atoms with Gasteiger partial charge in [0.15, 0.2) is 0 Å². The van der Waals surface area contributed by atoms with Crippen LogP contribution in [-0.4, -0.2) is 21.7 Å². The number of H-pyrrole nitrogens is 1. The van der Waals surface area contributed by atoms with Crippen molar-refractivity contribution in [2.45, 2.75) is 19.4 Å². The van der Waals surface area contributed by atoms with E-state index in [1.165, 1.54) is 6.33 Å². The van der Waals surface area contributed by atoms with Gasteiger partial charge in [0.05, 0.1) is 0 Å². The van der Waals surface area contributed by atoms with E-state index < -0.39 is 0 Å². The maximum atomic E-state index is 6.14. The van der Waals surface area contributed by atoms with E-state index in [1.807, 2.05) is 12.1 Å². The van der Waals surface area contributed by atoms with Gasteiger partial charge in [0.2, 0.25) is 0 Å². The van der Waals surface area contributed by atoms with Crippen LogP contribution in [0.25, 0.3) is 0 Å². The Kier molecular flexibility index (Phi) is 4.58. The Morgan fingerprint density at radius 3 is 2.94 bits per heavy atom. The lowest BCUT2D eigenvalue weighted by Crippen LogP contribution is -2.22. The van der Waals surface area contributed by atoms with E-state index in [0.717, 1.165) is 29.4 Å². The molecule has 1 unspecified atom stereocenters. The second-order valence-electron chi connectivity index (χ2n) is 4.02. The lowest BCUT2D eigenvalue weighted by Gasteiger charge is -2.15. The lowest BCUT2D eigenvalue weighted by atomic mass is 10.1.